The van der Waals surface area contributed by atoms with E-state index in [0.717, 1.165) is 11.1 Å². The second-order valence-corrected chi connectivity index (χ2v) is 5.12. The Bertz CT molecular complexity index is 824. The van der Waals surface area contributed by atoms with Crippen LogP contribution in [0.5, 0.6) is 5.75 Å². The van der Waals surface area contributed by atoms with Gasteiger partial charge in [0.2, 0.25) is 0 Å². The van der Waals surface area contributed by atoms with E-state index >= 15 is 0 Å². The van der Waals surface area contributed by atoms with E-state index in [0.29, 0.717) is 11.1 Å². The number of carbonyl (C=O) groups excluding carboxylic acids is 1. The van der Waals surface area contributed by atoms with Gasteiger partial charge in [-0.2, -0.15) is 0 Å². The van der Waals surface area contributed by atoms with Crippen molar-refractivity contribution in [2.24, 2.45) is 0 Å². The molecule has 114 valence electrons. The van der Waals surface area contributed by atoms with Gasteiger partial charge in [-0.05, 0) is 29.3 Å². The zero-order chi connectivity index (χ0) is 16.2. The molecule has 0 fully saturated rings. The zero-order valence-corrected chi connectivity index (χ0v) is 12.6. The standard InChI is InChI=1S/C20H15FO2/c1-23-19-12-11-17(13-18(19)21)20(22)16-9-7-15(8-10-16)14-5-3-2-4-6-14/h2-13H,1H3. The van der Waals surface area contributed by atoms with Gasteiger partial charge in [-0.3, -0.25) is 4.79 Å². The summed E-state index contributed by atoms with van der Waals surface area (Å²) in [7, 11) is 1.39. The molecule has 0 aromatic heterocycles. The van der Waals surface area contributed by atoms with E-state index in [9.17, 15) is 9.18 Å². The van der Waals surface area contributed by atoms with Crippen LogP contribution in [0.3, 0.4) is 0 Å². The maximum absolute atomic E-state index is 13.7. The summed E-state index contributed by atoms with van der Waals surface area (Å²) in [4.78, 5) is 12.4. The minimum Gasteiger partial charge on any atom is -0.494 e. The number of ketones is 1. The number of carbonyl (C=O) groups is 1. The van der Waals surface area contributed by atoms with Crippen molar-refractivity contribution in [3.8, 4) is 16.9 Å². The summed E-state index contributed by atoms with van der Waals surface area (Å²) in [5.41, 5.74) is 2.94. The van der Waals surface area contributed by atoms with E-state index in [2.05, 4.69) is 0 Å². The minimum atomic E-state index is -0.542. The SMILES string of the molecule is COc1ccc(C(=O)c2ccc(-c3ccccc3)cc2)cc1F. The third kappa shape index (κ3) is 3.14. The summed E-state index contributed by atoms with van der Waals surface area (Å²) in [6.07, 6.45) is 0. The largest absolute Gasteiger partial charge is 0.494 e. The molecule has 3 aromatic rings. The van der Waals surface area contributed by atoms with E-state index in [1.807, 2.05) is 42.5 Å². The van der Waals surface area contributed by atoms with Crippen LogP contribution in [-0.2, 0) is 0 Å². The summed E-state index contributed by atoms with van der Waals surface area (Å²) in [6.45, 7) is 0. The highest BCUT2D eigenvalue weighted by atomic mass is 19.1. The first-order valence-electron chi connectivity index (χ1n) is 7.23. The van der Waals surface area contributed by atoms with Crippen LogP contribution >= 0.6 is 0 Å². The van der Waals surface area contributed by atoms with Gasteiger partial charge in [-0.25, -0.2) is 4.39 Å². The van der Waals surface area contributed by atoms with Crippen LogP contribution in [0.25, 0.3) is 11.1 Å². The Balaban J connectivity index is 1.87. The number of methoxy groups -OCH3 is 1. The van der Waals surface area contributed by atoms with Crippen LogP contribution < -0.4 is 4.74 Å². The molecule has 0 saturated heterocycles. The van der Waals surface area contributed by atoms with Crippen molar-refractivity contribution < 1.29 is 13.9 Å². The van der Waals surface area contributed by atoms with Gasteiger partial charge in [-0.1, -0.05) is 54.6 Å². The first-order valence-corrected chi connectivity index (χ1v) is 7.23. The number of halogens is 1. The summed E-state index contributed by atoms with van der Waals surface area (Å²) >= 11 is 0. The van der Waals surface area contributed by atoms with E-state index in [1.54, 1.807) is 18.2 Å². The Morgan fingerprint density at radius 1 is 0.826 bits per heavy atom. The van der Waals surface area contributed by atoms with Crippen molar-refractivity contribution in [3.05, 3.63) is 89.7 Å². The van der Waals surface area contributed by atoms with Crippen LogP contribution in [0.15, 0.2) is 72.8 Å². The summed E-state index contributed by atoms with van der Waals surface area (Å²) < 4.78 is 18.6. The predicted octanol–water partition coefficient (Wildman–Crippen LogP) is 4.73. The molecule has 0 heterocycles. The van der Waals surface area contributed by atoms with Crippen LogP contribution in [0, 0.1) is 5.82 Å². The first-order chi connectivity index (χ1) is 11.2. The number of benzene rings is 3. The fourth-order valence-corrected chi connectivity index (χ4v) is 2.42. The molecule has 0 aliphatic rings. The lowest BCUT2D eigenvalue weighted by atomic mass is 9.99. The highest BCUT2D eigenvalue weighted by Gasteiger charge is 2.12. The molecule has 0 N–H and O–H groups in total. The normalized spacial score (nSPS) is 10.3. The van der Waals surface area contributed by atoms with Crippen molar-refractivity contribution in [3.63, 3.8) is 0 Å². The second kappa shape index (κ2) is 6.44. The van der Waals surface area contributed by atoms with Crippen molar-refractivity contribution in [1.82, 2.24) is 0 Å². The molecule has 23 heavy (non-hydrogen) atoms. The molecule has 3 rings (SSSR count). The molecule has 0 aliphatic carbocycles. The van der Waals surface area contributed by atoms with Crippen LogP contribution in [0.1, 0.15) is 15.9 Å². The Hall–Kier alpha value is -2.94. The Morgan fingerprint density at radius 2 is 1.43 bits per heavy atom. The predicted molar refractivity (Wildman–Crippen MR) is 88.3 cm³/mol. The summed E-state index contributed by atoms with van der Waals surface area (Å²) in [5, 5.41) is 0. The molecule has 3 heteroatoms. The molecule has 0 unspecified atom stereocenters. The third-order valence-corrected chi connectivity index (χ3v) is 3.67. The maximum Gasteiger partial charge on any atom is 0.193 e. The Labute approximate surface area is 134 Å². The summed E-state index contributed by atoms with van der Waals surface area (Å²) in [5.74, 6) is -0.633. The van der Waals surface area contributed by atoms with E-state index in [-0.39, 0.29) is 11.5 Å². The summed E-state index contributed by atoms with van der Waals surface area (Å²) in [6, 6.07) is 21.4. The lowest BCUT2D eigenvalue weighted by molar-refractivity contribution is 0.103. The Kier molecular flexibility index (Phi) is 4.20. The first kappa shape index (κ1) is 15.0. The van der Waals surface area contributed by atoms with Gasteiger partial charge in [0.1, 0.15) is 0 Å². The van der Waals surface area contributed by atoms with Gasteiger partial charge in [0, 0.05) is 11.1 Å². The fraction of sp³-hybridized carbons (Fsp3) is 0.0500. The van der Waals surface area contributed by atoms with E-state index in [4.69, 9.17) is 4.74 Å². The van der Waals surface area contributed by atoms with Gasteiger partial charge in [-0.15, -0.1) is 0 Å². The highest BCUT2D eigenvalue weighted by Crippen LogP contribution is 2.22. The number of hydrogen-bond acceptors (Lipinski definition) is 2. The van der Waals surface area contributed by atoms with Crippen molar-refractivity contribution >= 4 is 5.78 Å². The molecule has 0 aliphatic heterocycles. The molecular formula is C20H15FO2. The van der Waals surface area contributed by atoms with Gasteiger partial charge >= 0.3 is 0 Å². The number of hydrogen-bond donors (Lipinski definition) is 0. The van der Waals surface area contributed by atoms with Crippen molar-refractivity contribution in [2.45, 2.75) is 0 Å². The molecule has 2 nitrogen and oxygen atoms in total. The number of rotatable bonds is 4. The Morgan fingerprint density at radius 3 is 2.04 bits per heavy atom. The highest BCUT2D eigenvalue weighted by molar-refractivity contribution is 6.09. The lowest BCUT2D eigenvalue weighted by Gasteiger charge is -2.06. The van der Waals surface area contributed by atoms with E-state index < -0.39 is 5.82 Å². The average Bonchev–Trinajstić information content (AvgIpc) is 2.62. The topological polar surface area (TPSA) is 26.3 Å². The fourth-order valence-electron chi connectivity index (χ4n) is 2.42. The third-order valence-electron chi connectivity index (χ3n) is 3.67. The van der Waals surface area contributed by atoms with E-state index in [1.165, 1.54) is 19.2 Å². The second-order valence-electron chi connectivity index (χ2n) is 5.12. The zero-order valence-electron chi connectivity index (χ0n) is 12.6. The molecule has 0 amide bonds. The molecular weight excluding hydrogens is 291 g/mol. The molecule has 0 spiro atoms. The van der Waals surface area contributed by atoms with Crippen molar-refractivity contribution in [1.29, 1.82) is 0 Å². The smallest absolute Gasteiger partial charge is 0.193 e. The van der Waals surface area contributed by atoms with Crippen LogP contribution in [0.2, 0.25) is 0 Å². The molecule has 0 bridgehead atoms. The molecule has 3 aromatic carbocycles. The molecule has 0 saturated carbocycles. The quantitative estimate of drug-likeness (QED) is 0.651. The van der Waals surface area contributed by atoms with Crippen molar-refractivity contribution in [2.75, 3.05) is 7.11 Å². The monoisotopic (exact) mass is 306 g/mol. The van der Waals surface area contributed by atoms with Crippen LogP contribution in [0.4, 0.5) is 4.39 Å². The van der Waals surface area contributed by atoms with Gasteiger partial charge in [0.15, 0.2) is 17.3 Å². The van der Waals surface area contributed by atoms with Gasteiger partial charge in [0.05, 0.1) is 7.11 Å². The lowest BCUT2D eigenvalue weighted by Crippen LogP contribution is -2.02. The van der Waals surface area contributed by atoms with Gasteiger partial charge in [0.25, 0.3) is 0 Å². The van der Waals surface area contributed by atoms with Crippen LogP contribution in [-0.4, -0.2) is 12.9 Å². The average molecular weight is 306 g/mol. The number of ether oxygens (including phenoxy) is 1. The van der Waals surface area contributed by atoms with Gasteiger partial charge < -0.3 is 4.74 Å². The maximum atomic E-state index is 13.7. The molecule has 0 atom stereocenters. The minimum absolute atomic E-state index is 0.126. The molecule has 0 radical (unpaired) electrons.